The van der Waals surface area contributed by atoms with Gasteiger partial charge in [0.25, 0.3) is 11.1 Å². The van der Waals surface area contributed by atoms with E-state index in [0.717, 1.165) is 0 Å². The highest BCUT2D eigenvalue weighted by Crippen LogP contribution is 2.41. The molecule has 0 amide bonds. The van der Waals surface area contributed by atoms with Crippen molar-refractivity contribution in [2.75, 3.05) is 13.7 Å². The second-order valence-electron chi connectivity index (χ2n) is 6.30. The lowest BCUT2D eigenvalue weighted by Crippen LogP contribution is -2.20. The van der Waals surface area contributed by atoms with E-state index in [4.69, 9.17) is 9.47 Å². The number of rotatable bonds is 7. The first kappa shape index (κ1) is 19.8. The van der Waals surface area contributed by atoms with E-state index in [2.05, 4.69) is 42.9 Å². The minimum atomic E-state index is -0.608. The summed E-state index contributed by atoms with van der Waals surface area (Å²) in [6.45, 7) is 7.52. The van der Waals surface area contributed by atoms with E-state index in [1.807, 2.05) is 6.07 Å². The molecular weight excluding hydrogens is 428 g/mol. The lowest BCUT2D eigenvalue weighted by atomic mass is 9.85. The van der Waals surface area contributed by atoms with Crippen LogP contribution in [0.4, 0.5) is 0 Å². The Hall–Kier alpha value is -2.94. The van der Waals surface area contributed by atoms with Crippen molar-refractivity contribution in [3.63, 3.8) is 0 Å². The van der Waals surface area contributed by atoms with Crippen LogP contribution in [-0.2, 0) is 0 Å². The summed E-state index contributed by atoms with van der Waals surface area (Å²) in [5.74, 6) is 0.387. The van der Waals surface area contributed by atoms with Crippen LogP contribution < -0.4 is 20.6 Å². The molecule has 0 unspecified atom stereocenters. The fourth-order valence-electron chi connectivity index (χ4n) is 3.27. The zero-order chi connectivity index (χ0) is 20.4. The molecule has 3 rings (SSSR count). The summed E-state index contributed by atoms with van der Waals surface area (Å²) in [6, 6.07) is 3.59. The monoisotopic (exact) mass is 448 g/mol. The third kappa shape index (κ3) is 3.45. The van der Waals surface area contributed by atoms with E-state index in [1.54, 1.807) is 26.0 Å². The van der Waals surface area contributed by atoms with Crippen molar-refractivity contribution < 1.29 is 9.47 Å². The number of aromatic amines is 4. The normalized spacial score (nSPS) is 11.0. The summed E-state index contributed by atoms with van der Waals surface area (Å²) in [5.41, 5.74) is 2.35. The minimum absolute atomic E-state index is 0.287. The molecule has 148 valence electrons. The van der Waals surface area contributed by atoms with Gasteiger partial charge in [-0.2, -0.15) is 0 Å². The second kappa shape index (κ2) is 7.97. The molecule has 0 bridgehead atoms. The van der Waals surface area contributed by atoms with Gasteiger partial charge in [0.15, 0.2) is 11.5 Å². The van der Waals surface area contributed by atoms with Gasteiger partial charge in [0, 0.05) is 17.3 Å². The Bertz CT molecular complexity index is 1070. The molecule has 8 nitrogen and oxygen atoms in total. The maximum atomic E-state index is 12.5. The van der Waals surface area contributed by atoms with Crippen molar-refractivity contribution in [2.45, 2.75) is 19.8 Å². The van der Waals surface area contributed by atoms with E-state index in [9.17, 15) is 9.59 Å². The van der Waals surface area contributed by atoms with Crippen LogP contribution >= 0.6 is 15.9 Å². The largest absolute Gasteiger partial charge is 0.493 e. The summed E-state index contributed by atoms with van der Waals surface area (Å²) in [5, 5.41) is 10.8. The van der Waals surface area contributed by atoms with E-state index >= 15 is 0 Å². The molecule has 0 fully saturated rings. The summed E-state index contributed by atoms with van der Waals surface area (Å²) < 4.78 is 11.8. The van der Waals surface area contributed by atoms with Crippen LogP contribution in [0.2, 0.25) is 0 Å². The molecular formula is C19H21BrN4O4. The molecule has 0 saturated heterocycles. The molecule has 0 aliphatic carbocycles. The number of hydrogen-bond donors (Lipinski definition) is 4. The fourth-order valence-corrected chi connectivity index (χ4v) is 3.85. The Morgan fingerprint density at radius 1 is 1.07 bits per heavy atom. The Morgan fingerprint density at radius 3 is 2.07 bits per heavy atom. The van der Waals surface area contributed by atoms with Crippen molar-refractivity contribution in [3.05, 3.63) is 78.0 Å². The van der Waals surface area contributed by atoms with Gasteiger partial charge in [-0.1, -0.05) is 12.7 Å². The molecule has 4 N–H and O–H groups in total. The molecule has 9 heteroatoms. The zero-order valence-corrected chi connectivity index (χ0v) is 17.3. The number of nitrogens with one attached hydrogen (secondary N) is 4. The molecule has 2 heterocycles. The summed E-state index contributed by atoms with van der Waals surface area (Å²) >= 11 is 3.51. The molecule has 0 spiro atoms. The molecule has 0 aliphatic rings. The van der Waals surface area contributed by atoms with Crippen LogP contribution in [0.15, 0.2) is 38.8 Å². The quantitative estimate of drug-likeness (QED) is 0.415. The molecule has 0 aliphatic heterocycles. The number of benzene rings is 1. The summed E-state index contributed by atoms with van der Waals surface area (Å²) in [4.78, 5) is 25.1. The predicted octanol–water partition coefficient (Wildman–Crippen LogP) is 2.85. The van der Waals surface area contributed by atoms with Gasteiger partial charge in [-0.25, -0.2) is 0 Å². The minimum Gasteiger partial charge on any atom is -0.493 e. The molecule has 28 heavy (non-hydrogen) atoms. The van der Waals surface area contributed by atoms with Crippen LogP contribution in [0.25, 0.3) is 0 Å². The van der Waals surface area contributed by atoms with Gasteiger partial charge in [-0.05, 0) is 47.5 Å². The molecule has 1 aromatic carbocycles. The maximum absolute atomic E-state index is 12.5. The number of halogens is 1. The first-order valence-electron chi connectivity index (χ1n) is 8.54. The van der Waals surface area contributed by atoms with E-state index in [-0.39, 0.29) is 11.1 Å². The van der Waals surface area contributed by atoms with Crippen molar-refractivity contribution in [2.24, 2.45) is 0 Å². The third-order valence-electron chi connectivity index (χ3n) is 4.53. The van der Waals surface area contributed by atoms with Crippen LogP contribution in [0, 0.1) is 13.8 Å². The third-order valence-corrected chi connectivity index (χ3v) is 5.12. The van der Waals surface area contributed by atoms with Crippen molar-refractivity contribution in [1.29, 1.82) is 0 Å². The topological polar surface area (TPSA) is 116 Å². The summed E-state index contributed by atoms with van der Waals surface area (Å²) in [6.07, 6.45) is 1.63. The second-order valence-corrected chi connectivity index (χ2v) is 7.16. The average Bonchev–Trinajstić information content (AvgIpc) is 3.17. The zero-order valence-electron chi connectivity index (χ0n) is 15.7. The summed E-state index contributed by atoms with van der Waals surface area (Å²) in [7, 11) is 1.53. The highest BCUT2D eigenvalue weighted by molar-refractivity contribution is 9.10. The van der Waals surface area contributed by atoms with E-state index in [1.165, 1.54) is 7.11 Å². The smallest absolute Gasteiger partial charge is 0.268 e. The Kier molecular flexibility index (Phi) is 5.64. The predicted molar refractivity (Wildman–Crippen MR) is 110 cm³/mol. The van der Waals surface area contributed by atoms with E-state index < -0.39 is 5.92 Å². The van der Waals surface area contributed by atoms with Crippen molar-refractivity contribution in [1.82, 2.24) is 20.4 Å². The SMILES string of the molecule is C=CCOc1c(Br)cc(C(c2c(C)[nH][nH]c2=O)c2c(C)[nH][nH]c2=O)cc1OC. The molecule has 3 aromatic rings. The lowest BCUT2D eigenvalue weighted by molar-refractivity contribution is 0.324. The highest BCUT2D eigenvalue weighted by atomic mass is 79.9. The van der Waals surface area contributed by atoms with Gasteiger partial charge >= 0.3 is 0 Å². The van der Waals surface area contributed by atoms with Crippen LogP contribution in [0.3, 0.4) is 0 Å². The van der Waals surface area contributed by atoms with Gasteiger partial charge in [-0.3, -0.25) is 19.8 Å². The van der Waals surface area contributed by atoms with Crippen molar-refractivity contribution >= 4 is 15.9 Å². The highest BCUT2D eigenvalue weighted by Gasteiger charge is 2.29. The van der Waals surface area contributed by atoms with Crippen LogP contribution in [-0.4, -0.2) is 34.1 Å². The first-order chi connectivity index (χ1) is 13.4. The molecule has 0 saturated carbocycles. The Labute approximate surface area is 169 Å². The van der Waals surface area contributed by atoms with Crippen LogP contribution in [0.1, 0.15) is 34.0 Å². The first-order valence-corrected chi connectivity index (χ1v) is 9.33. The Morgan fingerprint density at radius 2 is 1.64 bits per heavy atom. The number of methoxy groups -OCH3 is 1. The number of hydrogen-bond acceptors (Lipinski definition) is 4. The van der Waals surface area contributed by atoms with Crippen molar-refractivity contribution in [3.8, 4) is 11.5 Å². The standard InChI is InChI=1S/C19H21BrN4O4/c1-5-6-28-17-12(20)7-11(8-13(17)27-4)16(14-9(2)21-23-18(14)25)15-10(3)22-24-19(15)26/h5,7-8,16H,1,6H2,2-4H3,(H2,21,23,25)(H2,22,24,26). The van der Waals surface area contributed by atoms with E-state index in [0.29, 0.717) is 50.7 Å². The number of aryl methyl sites for hydroxylation is 2. The number of ether oxygens (including phenoxy) is 2. The fraction of sp³-hybridized carbons (Fsp3) is 0.263. The number of H-pyrrole nitrogens is 4. The van der Waals surface area contributed by atoms with Gasteiger partial charge in [0.1, 0.15) is 6.61 Å². The molecule has 2 aromatic heterocycles. The Balaban J connectivity index is 2.28. The molecule has 0 atom stereocenters. The van der Waals surface area contributed by atoms with Gasteiger partial charge in [0.05, 0.1) is 22.7 Å². The maximum Gasteiger partial charge on any atom is 0.268 e. The van der Waals surface area contributed by atoms with Crippen LogP contribution in [0.5, 0.6) is 11.5 Å². The lowest BCUT2D eigenvalue weighted by Gasteiger charge is -2.19. The average molecular weight is 449 g/mol. The van der Waals surface area contributed by atoms with Gasteiger partial charge < -0.3 is 19.7 Å². The van der Waals surface area contributed by atoms with Gasteiger partial charge in [-0.15, -0.1) is 0 Å². The molecule has 0 radical (unpaired) electrons. The number of aromatic nitrogens is 4. The van der Waals surface area contributed by atoms with Gasteiger partial charge in [0.2, 0.25) is 0 Å².